The Bertz CT molecular complexity index is 809. The van der Waals surface area contributed by atoms with Crippen LogP contribution in [0.15, 0.2) is 12.1 Å². The zero-order chi connectivity index (χ0) is 21.0. The van der Waals surface area contributed by atoms with Crippen LogP contribution < -0.4 is 4.74 Å². The second-order valence-corrected chi connectivity index (χ2v) is 9.77. The molecule has 3 fully saturated rings. The minimum atomic E-state index is -0.832. The van der Waals surface area contributed by atoms with E-state index in [1.807, 2.05) is 0 Å². The molecule has 0 spiro atoms. The van der Waals surface area contributed by atoms with Crippen LogP contribution in [-0.2, 0) is 9.47 Å². The quantitative estimate of drug-likeness (QED) is 0.564. The van der Waals surface area contributed by atoms with Gasteiger partial charge in [-0.1, -0.05) is 27.2 Å². The molecule has 29 heavy (non-hydrogen) atoms. The van der Waals surface area contributed by atoms with Crippen LogP contribution in [0.5, 0.6) is 11.5 Å². The number of hydrogen-bond donors (Lipinski definition) is 1. The van der Waals surface area contributed by atoms with Crippen LogP contribution in [-0.4, -0.2) is 29.9 Å². The molecule has 1 aromatic rings. The Labute approximate surface area is 171 Å². The summed E-state index contributed by atoms with van der Waals surface area (Å²) in [6.45, 7) is 7.69. The molecule has 0 unspecified atom stereocenters. The summed E-state index contributed by atoms with van der Waals surface area (Å²) in [5, 5.41) is 21.8. The predicted octanol–water partition coefficient (Wildman–Crippen LogP) is 4.97. The molecule has 0 bridgehead atoms. The summed E-state index contributed by atoms with van der Waals surface area (Å²) >= 11 is 0. The first-order chi connectivity index (χ1) is 13.7. The number of ether oxygens (including phenoxy) is 3. The summed E-state index contributed by atoms with van der Waals surface area (Å²) in [7, 11) is 1.37. The number of nitrogens with zero attached hydrogens (tertiary/aromatic N) is 1. The lowest BCUT2D eigenvalue weighted by molar-refractivity contribution is -0.385. The van der Waals surface area contributed by atoms with Crippen molar-refractivity contribution in [3.8, 4) is 11.5 Å². The van der Waals surface area contributed by atoms with Crippen molar-refractivity contribution in [2.45, 2.75) is 65.3 Å². The number of hydrogen-bond acceptors (Lipinski definition) is 6. The van der Waals surface area contributed by atoms with Gasteiger partial charge in [-0.25, -0.2) is 0 Å². The number of fused-ring (bicyclic) bond motifs is 3. The van der Waals surface area contributed by atoms with Crippen LogP contribution >= 0.6 is 0 Å². The number of aromatic hydroxyl groups is 1. The van der Waals surface area contributed by atoms with Crippen LogP contribution in [0.2, 0.25) is 0 Å². The first-order valence-electron chi connectivity index (χ1n) is 10.5. The summed E-state index contributed by atoms with van der Waals surface area (Å²) in [6, 6.07) is 2.53. The maximum atomic E-state index is 11.3. The summed E-state index contributed by atoms with van der Waals surface area (Å²) in [6.07, 6.45) is 4.90. The van der Waals surface area contributed by atoms with Crippen molar-refractivity contribution in [2.75, 3.05) is 13.7 Å². The van der Waals surface area contributed by atoms with Gasteiger partial charge in [0, 0.05) is 12.0 Å². The topological polar surface area (TPSA) is 91.1 Å². The van der Waals surface area contributed by atoms with Gasteiger partial charge >= 0.3 is 0 Å². The third-order valence-electron chi connectivity index (χ3n) is 7.81. The summed E-state index contributed by atoms with van der Waals surface area (Å²) in [5.41, 5.74) is 0.581. The second kappa shape index (κ2) is 7.13. The number of non-ortho nitro benzene ring substituents is 1. The highest BCUT2D eigenvalue weighted by Crippen LogP contribution is 2.61. The molecule has 0 aromatic heterocycles. The first kappa shape index (κ1) is 20.4. The van der Waals surface area contributed by atoms with Crippen LogP contribution in [0.1, 0.15) is 64.7 Å². The van der Waals surface area contributed by atoms with E-state index >= 15 is 0 Å². The fourth-order valence-electron chi connectivity index (χ4n) is 6.35. The molecule has 2 aliphatic carbocycles. The van der Waals surface area contributed by atoms with E-state index in [-0.39, 0.29) is 34.3 Å². The van der Waals surface area contributed by atoms with Crippen molar-refractivity contribution in [2.24, 2.45) is 22.7 Å². The van der Waals surface area contributed by atoms with Gasteiger partial charge in [-0.3, -0.25) is 10.1 Å². The lowest BCUT2D eigenvalue weighted by Gasteiger charge is -2.60. The molecular formula is C22H31NO6. The van der Waals surface area contributed by atoms with Gasteiger partial charge in [0.05, 0.1) is 36.4 Å². The number of phenols is 1. The molecule has 2 saturated carbocycles. The molecule has 0 radical (unpaired) electrons. The van der Waals surface area contributed by atoms with Crippen molar-refractivity contribution >= 4 is 5.69 Å². The molecule has 1 aromatic carbocycles. The summed E-state index contributed by atoms with van der Waals surface area (Å²) in [5.74, 6) is 0.813. The van der Waals surface area contributed by atoms with E-state index < -0.39 is 11.2 Å². The Morgan fingerprint density at radius 2 is 2.00 bits per heavy atom. The summed E-state index contributed by atoms with van der Waals surface area (Å²) < 4.78 is 17.5. The number of phenolic OH excluding ortho intramolecular Hbond substituents is 1. The molecule has 1 saturated heterocycles. The maximum absolute atomic E-state index is 11.3. The third kappa shape index (κ3) is 3.28. The van der Waals surface area contributed by atoms with Crippen LogP contribution in [0, 0.1) is 32.8 Å². The van der Waals surface area contributed by atoms with Gasteiger partial charge in [0.25, 0.3) is 5.69 Å². The number of benzene rings is 1. The summed E-state index contributed by atoms with van der Waals surface area (Å²) in [4.78, 5) is 10.8. The Morgan fingerprint density at radius 3 is 2.69 bits per heavy atom. The van der Waals surface area contributed by atoms with Crippen LogP contribution in [0.3, 0.4) is 0 Å². The zero-order valence-corrected chi connectivity index (χ0v) is 17.6. The molecule has 1 heterocycles. The molecular weight excluding hydrogens is 374 g/mol. The molecule has 4 rings (SSSR count). The SMILES string of the molecule is COc1cc([N+](=O)[O-])cc([C@@H]2OC[C@@H]3[C@H](CC[C@H]4C(C)(C)CCC[C@@]34C)O2)c1O. The van der Waals surface area contributed by atoms with Gasteiger partial charge in [-0.2, -0.15) is 0 Å². The highest BCUT2D eigenvalue weighted by atomic mass is 16.7. The monoisotopic (exact) mass is 405 g/mol. The molecule has 5 atom stereocenters. The van der Waals surface area contributed by atoms with E-state index in [0.29, 0.717) is 23.9 Å². The molecule has 7 heteroatoms. The predicted molar refractivity (Wildman–Crippen MR) is 107 cm³/mol. The highest BCUT2D eigenvalue weighted by Gasteiger charge is 2.56. The Kier molecular flexibility index (Phi) is 5.02. The van der Waals surface area contributed by atoms with Gasteiger partial charge in [0.2, 0.25) is 0 Å². The minimum absolute atomic E-state index is 0.0218. The van der Waals surface area contributed by atoms with Gasteiger partial charge < -0.3 is 19.3 Å². The molecule has 3 aliphatic rings. The van der Waals surface area contributed by atoms with E-state index in [1.54, 1.807) is 0 Å². The Hall–Kier alpha value is -1.86. The number of nitro benzene ring substituents is 1. The van der Waals surface area contributed by atoms with Gasteiger partial charge in [0.1, 0.15) is 0 Å². The fourth-order valence-corrected chi connectivity index (χ4v) is 6.35. The average molecular weight is 405 g/mol. The average Bonchev–Trinajstić information content (AvgIpc) is 2.67. The second-order valence-electron chi connectivity index (χ2n) is 9.77. The first-order valence-corrected chi connectivity index (χ1v) is 10.5. The molecule has 0 amide bonds. The molecule has 160 valence electrons. The lowest BCUT2D eigenvalue weighted by atomic mass is 9.48. The van der Waals surface area contributed by atoms with Gasteiger partial charge in [-0.15, -0.1) is 0 Å². The molecule has 1 aliphatic heterocycles. The highest BCUT2D eigenvalue weighted by molar-refractivity contribution is 5.54. The lowest BCUT2D eigenvalue weighted by Crippen LogP contribution is -2.56. The number of nitro groups is 1. The number of rotatable bonds is 3. The van der Waals surface area contributed by atoms with E-state index in [1.165, 1.54) is 38.5 Å². The third-order valence-corrected chi connectivity index (χ3v) is 7.81. The fraction of sp³-hybridized carbons (Fsp3) is 0.727. The Balaban J connectivity index is 1.61. The van der Waals surface area contributed by atoms with Crippen molar-refractivity contribution in [1.82, 2.24) is 0 Å². The van der Waals surface area contributed by atoms with Crippen LogP contribution in [0.4, 0.5) is 5.69 Å². The van der Waals surface area contributed by atoms with Gasteiger partial charge in [0.15, 0.2) is 17.8 Å². The van der Waals surface area contributed by atoms with Crippen molar-refractivity contribution in [1.29, 1.82) is 0 Å². The zero-order valence-electron chi connectivity index (χ0n) is 17.6. The van der Waals surface area contributed by atoms with E-state index in [2.05, 4.69) is 20.8 Å². The van der Waals surface area contributed by atoms with Crippen molar-refractivity contribution < 1.29 is 24.2 Å². The normalized spacial score (nSPS) is 36.0. The largest absolute Gasteiger partial charge is 0.504 e. The minimum Gasteiger partial charge on any atom is -0.504 e. The number of methoxy groups -OCH3 is 1. The Morgan fingerprint density at radius 1 is 1.24 bits per heavy atom. The van der Waals surface area contributed by atoms with Crippen LogP contribution in [0.25, 0.3) is 0 Å². The van der Waals surface area contributed by atoms with E-state index in [0.717, 1.165) is 12.8 Å². The maximum Gasteiger partial charge on any atom is 0.273 e. The standard InChI is InChI=1S/C22H31NO6/c1-21(2)8-5-9-22(3)15-12-28-20(29-16(15)6-7-18(21)22)14-10-13(23(25)26)11-17(27-4)19(14)24/h10-11,15-16,18,20,24H,5-9,12H2,1-4H3/t15-,16+,18+,20-,22+/m1/s1. The smallest absolute Gasteiger partial charge is 0.273 e. The molecule has 1 N–H and O–H groups in total. The van der Waals surface area contributed by atoms with E-state index in [9.17, 15) is 15.2 Å². The van der Waals surface area contributed by atoms with Crippen molar-refractivity contribution in [3.63, 3.8) is 0 Å². The molecule has 7 nitrogen and oxygen atoms in total. The van der Waals surface area contributed by atoms with E-state index in [4.69, 9.17) is 14.2 Å². The van der Waals surface area contributed by atoms with Crippen molar-refractivity contribution in [3.05, 3.63) is 27.8 Å². The van der Waals surface area contributed by atoms with Gasteiger partial charge in [-0.05, 0) is 42.4 Å².